The molecule has 4 nitrogen and oxygen atoms in total. The number of carbonyl (C=O) groups excluding carboxylic acids is 1. The Balaban J connectivity index is 1.39. The molecular formula is C27H32FNO3S. The van der Waals surface area contributed by atoms with Gasteiger partial charge in [0.15, 0.2) is 0 Å². The van der Waals surface area contributed by atoms with Crippen molar-refractivity contribution >= 4 is 23.3 Å². The number of benzene rings is 2. The number of halogens is 1. The van der Waals surface area contributed by atoms with E-state index in [9.17, 15) is 9.18 Å². The topological polar surface area (TPSA) is 38.8 Å². The van der Waals surface area contributed by atoms with E-state index in [-0.39, 0.29) is 18.7 Å². The Bertz CT molecular complexity index is 976. The van der Waals surface area contributed by atoms with Gasteiger partial charge < -0.3 is 9.47 Å². The molecule has 2 aliphatic rings. The molecule has 2 heterocycles. The molecule has 1 fully saturated rings. The van der Waals surface area contributed by atoms with Gasteiger partial charge in [-0.15, -0.1) is 11.8 Å². The Morgan fingerprint density at radius 3 is 2.76 bits per heavy atom. The van der Waals surface area contributed by atoms with Gasteiger partial charge in [0.2, 0.25) is 0 Å². The van der Waals surface area contributed by atoms with Crippen molar-refractivity contribution in [2.45, 2.75) is 50.0 Å². The SMILES string of the molecule is CCCCC(=O)Oc1ccc2c(c1)SCC=C2c1ccc(OC2CCN(CCCF)C2)cc1. The lowest BCUT2D eigenvalue weighted by molar-refractivity contribution is -0.134. The summed E-state index contributed by atoms with van der Waals surface area (Å²) in [4.78, 5) is 15.4. The normalized spacial score (nSPS) is 18.0. The van der Waals surface area contributed by atoms with Crippen molar-refractivity contribution < 1.29 is 18.7 Å². The van der Waals surface area contributed by atoms with Crippen LogP contribution in [0.15, 0.2) is 53.4 Å². The van der Waals surface area contributed by atoms with Gasteiger partial charge in [0.25, 0.3) is 0 Å². The third-order valence-corrected chi connectivity index (χ3v) is 7.02. The number of carbonyl (C=O) groups is 1. The summed E-state index contributed by atoms with van der Waals surface area (Å²) in [6.07, 6.45) is 6.27. The van der Waals surface area contributed by atoms with Gasteiger partial charge in [-0.25, -0.2) is 0 Å². The van der Waals surface area contributed by atoms with Crippen molar-refractivity contribution in [3.63, 3.8) is 0 Å². The first-order valence-electron chi connectivity index (χ1n) is 11.9. The van der Waals surface area contributed by atoms with Crippen LogP contribution < -0.4 is 9.47 Å². The number of thioether (sulfide) groups is 1. The lowest BCUT2D eigenvalue weighted by Gasteiger charge is -2.19. The second-order valence-corrected chi connectivity index (χ2v) is 9.62. The molecule has 1 unspecified atom stereocenters. The number of fused-ring (bicyclic) bond motifs is 1. The van der Waals surface area contributed by atoms with E-state index >= 15 is 0 Å². The number of esters is 1. The fourth-order valence-corrected chi connectivity index (χ4v) is 5.26. The van der Waals surface area contributed by atoms with E-state index in [2.05, 4.69) is 30.0 Å². The summed E-state index contributed by atoms with van der Waals surface area (Å²) in [7, 11) is 0. The molecule has 1 saturated heterocycles. The molecule has 176 valence electrons. The zero-order chi connectivity index (χ0) is 23.0. The van der Waals surface area contributed by atoms with Gasteiger partial charge in [0.1, 0.15) is 17.6 Å². The van der Waals surface area contributed by atoms with Gasteiger partial charge >= 0.3 is 5.97 Å². The average Bonchev–Trinajstić information content (AvgIpc) is 3.28. The molecule has 0 saturated carbocycles. The predicted molar refractivity (Wildman–Crippen MR) is 132 cm³/mol. The number of nitrogens with zero attached hydrogens (tertiary/aromatic N) is 1. The first-order valence-corrected chi connectivity index (χ1v) is 12.9. The third kappa shape index (κ3) is 6.39. The minimum atomic E-state index is -0.258. The maximum absolute atomic E-state index is 12.4. The van der Waals surface area contributed by atoms with Crippen LogP contribution >= 0.6 is 11.8 Å². The molecule has 2 aromatic carbocycles. The Morgan fingerprint density at radius 1 is 1.15 bits per heavy atom. The molecule has 6 heteroatoms. The zero-order valence-electron chi connectivity index (χ0n) is 19.2. The van der Waals surface area contributed by atoms with E-state index in [1.807, 2.05) is 30.3 Å². The van der Waals surface area contributed by atoms with Crippen LogP contribution in [0.2, 0.25) is 0 Å². The highest BCUT2D eigenvalue weighted by Crippen LogP contribution is 2.39. The summed E-state index contributed by atoms with van der Waals surface area (Å²) in [5.74, 6) is 2.20. The number of unbranched alkanes of at least 4 members (excludes halogenated alkanes) is 1. The standard InChI is InChI=1S/C27H32FNO3S/c1-2-3-5-27(30)32-22-10-11-25-24(13-17-33-26(25)18-22)20-6-8-21(9-7-20)31-23-12-16-29(19-23)15-4-14-28/h6-11,13,18,23H,2-5,12,14-17,19H2,1H3. The Morgan fingerprint density at radius 2 is 1.97 bits per heavy atom. The van der Waals surface area contributed by atoms with Crippen molar-refractivity contribution in [3.05, 3.63) is 59.7 Å². The molecule has 4 rings (SSSR count). The van der Waals surface area contributed by atoms with Gasteiger partial charge in [0.05, 0.1) is 6.67 Å². The smallest absolute Gasteiger partial charge is 0.311 e. The molecule has 2 aliphatic heterocycles. The molecule has 1 atom stereocenters. The van der Waals surface area contributed by atoms with E-state index < -0.39 is 0 Å². The molecule has 0 radical (unpaired) electrons. The number of rotatable bonds is 10. The van der Waals surface area contributed by atoms with Crippen molar-refractivity contribution in [2.24, 2.45) is 0 Å². The second-order valence-electron chi connectivity index (χ2n) is 8.56. The van der Waals surface area contributed by atoms with Crippen molar-refractivity contribution in [1.82, 2.24) is 4.90 Å². The van der Waals surface area contributed by atoms with Crippen LogP contribution in [0.1, 0.15) is 50.2 Å². The Hall–Kier alpha value is -2.31. The van der Waals surface area contributed by atoms with Crippen LogP contribution in [-0.2, 0) is 4.79 Å². The van der Waals surface area contributed by atoms with E-state index in [1.165, 1.54) is 5.57 Å². The van der Waals surface area contributed by atoms with Crippen LogP contribution in [0.3, 0.4) is 0 Å². The highest BCUT2D eigenvalue weighted by Gasteiger charge is 2.23. The quantitative estimate of drug-likeness (QED) is 0.309. The number of hydrogen-bond acceptors (Lipinski definition) is 5. The number of ether oxygens (including phenoxy) is 2. The predicted octanol–water partition coefficient (Wildman–Crippen LogP) is 6.13. The van der Waals surface area contributed by atoms with Crippen LogP contribution in [0.5, 0.6) is 11.5 Å². The third-order valence-electron chi connectivity index (χ3n) is 6.04. The average molecular weight is 470 g/mol. The maximum atomic E-state index is 12.4. The van der Waals surface area contributed by atoms with E-state index in [0.29, 0.717) is 18.6 Å². The van der Waals surface area contributed by atoms with E-state index in [4.69, 9.17) is 9.47 Å². The molecule has 0 spiro atoms. The van der Waals surface area contributed by atoms with Gasteiger partial charge in [0, 0.05) is 36.7 Å². The molecule has 0 aliphatic carbocycles. The summed E-state index contributed by atoms with van der Waals surface area (Å²) >= 11 is 1.76. The Kier molecular flexibility index (Phi) is 8.46. The highest BCUT2D eigenvalue weighted by molar-refractivity contribution is 7.99. The van der Waals surface area contributed by atoms with Crippen LogP contribution in [0, 0.1) is 0 Å². The highest BCUT2D eigenvalue weighted by atomic mass is 32.2. The summed E-state index contributed by atoms with van der Waals surface area (Å²) in [6.45, 7) is 4.45. The maximum Gasteiger partial charge on any atom is 0.311 e. The van der Waals surface area contributed by atoms with Gasteiger partial charge in [-0.2, -0.15) is 0 Å². The van der Waals surface area contributed by atoms with E-state index in [1.54, 1.807) is 11.8 Å². The van der Waals surface area contributed by atoms with E-state index in [0.717, 1.165) is 66.4 Å². The number of hydrogen-bond donors (Lipinski definition) is 0. The molecule has 2 aromatic rings. The summed E-state index contributed by atoms with van der Waals surface area (Å²) < 4.78 is 24.1. The monoisotopic (exact) mass is 469 g/mol. The van der Waals surface area contributed by atoms with Crippen LogP contribution in [0.4, 0.5) is 4.39 Å². The van der Waals surface area contributed by atoms with Gasteiger partial charge in [-0.05, 0) is 66.3 Å². The van der Waals surface area contributed by atoms with Crippen molar-refractivity contribution in [1.29, 1.82) is 0 Å². The summed E-state index contributed by atoms with van der Waals surface area (Å²) in [5.41, 5.74) is 3.50. The molecule has 0 aromatic heterocycles. The fourth-order valence-electron chi connectivity index (χ4n) is 4.30. The minimum absolute atomic E-state index is 0.167. The molecule has 0 N–H and O–H groups in total. The van der Waals surface area contributed by atoms with Crippen molar-refractivity contribution in [3.8, 4) is 11.5 Å². The van der Waals surface area contributed by atoms with Crippen LogP contribution in [-0.4, -0.2) is 49.0 Å². The zero-order valence-corrected chi connectivity index (χ0v) is 20.0. The second kappa shape index (κ2) is 11.7. The molecular weight excluding hydrogens is 437 g/mol. The molecule has 33 heavy (non-hydrogen) atoms. The molecule has 0 amide bonds. The summed E-state index contributed by atoms with van der Waals surface area (Å²) in [5, 5.41) is 0. The lowest BCUT2D eigenvalue weighted by Crippen LogP contribution is -2.26. The fraction of sp³-hybridized carbons (Fsp3) is 0.444. The first kappa shape index (κ1) is 23.8. The van der Waals surface area contributed by atoms with Gasteiger partial charge in [-0.3, -0.25) is 14.1 Å². The number of likely N-dealkylation sites (tertiary alicyclic amines) is 1. The Labute approximate surface area is 200 Å². The minimum Gasteiger partial charge on any atom is -0.489 e. The summed E-state index contributed by atoms with van der Waals surface area (Å²) in [6, 6.07) is 14.2. The largest absolute Gasteiger partial charge is 0.489 e. The number of alkyl halides is 1. The van der Waals surface area contributed by atoms with Crippen LogP contribution in [0.25, 0.3) is 5.57 Å². The van der Waals surface area contributed by atoms with Gasteiger partial charge in [-0.1, -0.05) is 31.6 Å². The lowest BCUT2D eigenvalue weighted by atomic mass is 9.97. The van der Waals surface area contributed by atoms with Crippen molar-refractivity contribution in [2.75, 3.05) is 32.1 Å². The first-order chi connectivity index (χ1) is 16.2. The molecule has 0 bridgehead atoms.